The second-order valence-electron chi connectivity index (χ2n) is 4.82. The first kappa shape index (κ1) is 19.3. The molecule has 3 N–H and O–H groups in total. The fourth-order valence-electron chi connectivity index (χ4n) is 1.55. The number of sulfonamides is 1. The lowest BCUT2D eigenvalue weighted by Crippen LogP contribution is -2.23. The zero-order valence-corrected chi connectivity index (χ0v) is 14.0. The van der Waals surface area contributed by atoms with E-state index < -0.39 is 22.0 Å². The maximum Gasteiger partial charge on any atom is 0.335 e. The van der Waals surface area contributed by atoms with E-state index in [9.17, 15) is 18.0 Å². The minimum atomic E-state index is -3.37. The topological polar surface area (TPSA) is 141 Å². The molecule has 0 fully saturated rings. The SMILES string of the molecule is CN(C)S(=O)(=O)c1ncc[nH]1.Cc1ccc(C(=O)O)cc1C(=O)O. The maximum atomic E-state index is 11.2. The fourth-order valence-corrected chi connectivity index (χ4v) is 2.31. The molecule has 1 aromatic heterocycles. The van der Waals surface area contributed by atoms with Crippen LogP contribution in [0.15, 0.2) is 35.7 Å². The molecule has 24 heavy (non-hydrogen) atoms. The van der Waals surface area contributed by atoms with Crippen LogP contribution in [-0.4, -0.2) is 58.9 Å². The molecule has 2 aromatic rings. The van der Waals surface area contributed by atoms with Gasteiger partial charge in [0.05, 0.1) is 11.1 Å². The third-order valence-corrected chi connectivity index (χ3v) is 4.59. The second-order valence-corrected chi connectivity index (χ2v) is 6.89. The molecular formula is C14H17N3O6S. The monoisotopic (exact) mass is 355 g/mol. The molecule has 10 heteroatoms. The molecule has 130 valence electrons. The van der Waals surface area contributed by atoms with E-state index in [1.165, 1.54) is 38.6 Å². The van der Waals surface area contributed by atoms with Crippen molar-refractivity contribution in [1.29, 1.82) is 0 Å². The van der Waals surface area contributed by atoms with Gasteiger partial charge in [-0.15, -0.1) is 0 Å². The highest BCUT2D eigenvalue weighted by Gasteiger charge is 2.18. The van der Waals surface area contributed by atoms with Gasteiger partial charge in [-0.25, -0.2) is 27.3 Å². The van der Waals surface area contributed by atoms with Crippen molar-refractivity contribution in [1.82, 2.24) is 14.3 Å². The maximum absolute atomic E-state index is 11.2. The molecule has 0 amide bonds. The van der Waals surface area contributed by atoms with Crippen LogP contribution in [0.25, 0.3) is 0 Å². The normalized spacial score (nSPS) is 10.8. The van der Waals surface area contributed by atoms with Crippen LogP contribution >= 0.6 is 0 Å². The van der Waals surface area contributed by atoms with Crippen LogP contribution < -0.4 is 0 Å². The summed E-state index contributed by atoms with van der Waals surface area (Å²) in [5.74, 6) is -2.23. The van der Waals surface area contributed by atoms with E-state index in [2.05, 4.69) is 9.97 Å². The number of imidazole rings is 1. The predicted molar refractivity (Wildman–Crippen MR) is 84.6 cm³/mol. The Hall–Kier alpha value is -2.72. The molecule has 2 rings (SSSR count). The lowest BCUT2D eigenvalue weighted by molar-refractivity contribution is 0.0695. The average Bonchev–Trinajstić information content (AvgIpc) is 3.02. The number of carboxylic acids is 2. The Kier molecular flexibility index (Phi) is 6.20. The van der Waals surface area contributed by atoms with Gasteiger partial charge >= 0.3 is 11.9 Å². The molecule has 0 atom stereocenters. The van der Waals surface area contributed by atoms with Crippen molar-refractivity contribution in [2.24, 2.45) is 0 Å². The number of nitrogens with one attached hydrogen (secondary N) is 1. The van der Waals surface area contributed by atoms with E-state index in [0.29, 0.717) is 5.56 Å². The first-order valence-corrected chi connectivity index (χ1v) is 8.00. The minimum Gasteiger partial charge on any atom is -0.478 e. The summed E-state index contributed by atoms with van der Waals surface area (Å²) in [6.45, 7) is 1.62. The zero-order valence-electron chi connectivity index (χ0n) is 13.2. The molecule has 1 aromatic carbocycles. The minimum absolute atomic E-state index is 0.0111. The number of aryl methyl sites for hydroxylation is 1. The number of benzene rings is 1. The van der Waals surface area contributed by atoms with Gasteiger partial charge in [-0.1, -0.05) is 6.07 Å². The van der Waals surface area contributed by atoms with Gasteiger partial charge in [0.25, 0.3) is 10.0 Å². The van der Waals surface area contributed by atoms with Crippen molar-refractivity contribution in [3.63, 3.8) is 0 Å². The van der Waals surface area contributed by atoms with Gasteiger partial charge in [-0.3, -0.25) is 0 Å². The highest BCUT2D eigenvalue weighted by Crippen LogP contribution is 2.11. The van der Waals surface area contributed by atoms with Crippen LogP contribution in [-0.2, 0) is 10.0 Å². The molecule has 0 radical (unpaired) electrons. The van der Waals surface area contributed by atoms with Gasteiger partial charge in [0.15, 0.2) is 0 Å². The number of hydrogen-bond donors (Lipinski definition) is 3. The zero-order chi connectivity index (χ0) is 18.5. The third-order valence-electron chi connectivity index (χ3n) is 2.91. The summed E-state index contributed by atoms with van der Waals surface area (Å²) in [5, 5.41) is 17.2. The summed E-state index contributed by atoms with van der Waals surface area (Å²) in [6.07, 6.45) is 2.87. The van der Waals surface area contributed by atoms with Crippen LogP contribution in [0, 0.1) is 6.92 Å². The van der Waals surface area contributed by atoms with Crippen molar-refractivity contribution in [2.45, 2.75) is 12.1 Å². The van der Waals surface area contributed by atoms with Crippen molar-refractivity contribution in [3.8, 4) is 0 Å². The molecule has 0 aliphatic carbocycles. The standard InChI is InChI=1S/C9H8O4.C5H9N3O2S/c1-5-2-3-6(8(10)11)4-7(5)9(12)13;1-8(2)11(9,10)5-6-3-4-7-5/h2-4H,1H3,(H,10,11)(H,12,13);3-4H,1-2H3,(H,6,7). The van der Waals surface area contributed by atoms with E-state index in [1.807, 2.05) is 0 Å². The Balaban J connectivity index is 0.000000243. The van der Waals surface area contributed by atoms with E-state index in [1.54, 1.807) is 6.92 Å². The molecule has 0 saturated heterocycles. The Morgan fingerprint density at radius 2 is 1.79 bits per heavy atom. The van der Waals surface area contributed by atoms with Gasteiger partial charge in [-0.05, 0) is 24.6 Å². The Morgan fingerprint density at radius 1 is 1.17 bits per heavy atom. The first-order valence-electron chi connectivity index (χ1n) is 6.56. The number of aromatic carboxylic acids is 2. The van der Waals surface area contributed by atoms with E-state index in [0.717, 1.165) is 10.4 Å². The van der Waals surface area contributed by atoms with E-state index >= 15 is 0 Å². The highest BCUT2D eigenvalue weighted by molar-refractivity contribution is 7.88. The number of H-pyrrole nitrogens is 1. The second kappa shape index (κ2) is 7.70. The van der Waals surface area contributed by atoms with Crippen molar-refractivity contribution in [3.05, 3.63) is 47.3 Å². The van der Waals surface area contributed by atoms with Gasteiger partial charge in [0.1, 0.15) is 0 Å². The quantitative estimate of drug-likeness (QED) is 0.744. The highest BCUT2D eigenvalue weighted by atomic mass is 32.2. The van der Waals surface area contributed by atoms with E-state index in [-0.39, 0.29) is 16.3 Å². The number of aromatic amines is 1. The van der Waals surface area contributed by atoms with Crippen molar-refractivity contribution < 1.29 is 28.2 Å². The Labute approximate surface area is 138 Å². The molecule has 0 unspecified atom stereocenters. The molecule has 9 nitrogen and oxygen atoms in total. The first-order chi connectivity index (χ1) is 11.1. The summed E-state index contributed by atoms with van der Waals surface area (Å²) >= 11 is 0. The molecular weight excluding hydrogens is 338 g/mol. The fraction of sp³-hybridized carbons (Fsp3) is 0.214. The lowest BCUT2D eigenvalue weighted by atomic mass is 10.1. The average molecular weight is 355 g/mol. The number of rotatable bonds is 4. The number of carboxylic acid groups (broad SMARTS) is 2. The summed E-state index contributed by atoms with van der Waals surface area (Å²) < 4.78 is 23.6. The van der Waals surface area contributed by atoms with Gasteiger partial charge in [0, 0.05) is 26.5 Å². The summed E-state index contributed by atoms with van der Waals surface area (Å²) in [6, 6.07) is 4.01. The van der Waals surface area contributed by atoms with Crippen LogP contribution in [0.3, 0.4) is 0 Å². The molecule has 1 heterocycles. The summed E-state index contributed by atoms with van der Waals surface area (Å²) in [7, 11) is -0.454. The van der Waals surface area contributed by atoms with Crippen LogP contribution in [0.5, 0.6) is 0 Å². The van der Waals surface area contributed by atoms with Crippen LogP contribution in [0.1, 0.15) is 26.3 Å². The van der Waals surface area contributed by atoms with Crippen LogP contribution in [0.4, 0.5) is 0 Å². The largest absolute Gasteiger partial charge is 0.478 e. The predicted octanol–water partition coefficient (Wildman–Crippen LogP) is 1.05. The number of hydrogen-bond acceptors (Lipinski definition) is 5. The van der Waals surface area contributed by atoms with Gasteiger partial charge in [0.2, 0.25) is 5.16 Å². The third kappa shape index (κ3) is 4.64. The summed E-state index contributed by atoms with van der Waals surface area (Å²) in [5.41, 5.74) is 0.570. The molecule has 0 spiro atoms. The molecule has 0 saturated carbocycles. The van der Waals surface area contributed by atoms with Crippen LogP contribution in [0.2, 0.25) is 0 Å². The van der Waals surface area contributed by atoms with Crippen molar-refractivity contribution >= 4 is 22.0 Å². The Bertz CT molecular complexity index is 828. The number of aromatic nitrogens is 2. The van der Waals surface area contributed by atoms with Gasteiger partial charge < -0.3 is 15.2 Å². The van der Waals surface area contributed by atoms with E-state index in [4.69, 9.17) is 10.2 Å². The summed E-state index contributed by atoms with van der Waals surface area (Å²) in [4.78, 5) is 27.2. The smallest absolute Gasteiger partial charge is 0.335 e. The molecule has 0 bridgehead atoms. The van der Waals surface area contributed by atoms with Crippen molar-refractivity contribution in [2.75, 3.05) is 14.1 Å². The molecule has 0 aliphatic heterocycles. The Morgan fingerprint density at radius 3 is 2.21 bits per heavy atom. The number of carbonyl (C=O) groups is 2. The number of nitrogens with zero attached hydrogens (tertiary/aromatic N) is 2. The van der Waals surface area contributed by atoms with Gasteiger partial charge in [-0.2, -0.15) is 0 Å². The molecule has 0 aliphatic rings. The lowest BCUT2D eigenvalue weighted by Gasteiger charge is -2.06.